The third-order valence-corrected chi connectivity index (χ3v) is 9.74. The molecule has 5 amide bonds. The van der Waals surface area contributed by atoms with Crippen LogP contribution >= 0.6 is 0 Å². The van der Waals surface area contributed by atoms with Gasteiger partial charge in [0.1, 0.15) is 25.0 Å². The molecule has 0 fully saturated rings. The monoisotopic (exact) mass is 925 g/mol. The van der Waals surface area contributed by atoms with Crippen molar-refractivity contribution < 1.29 is 67.5 Å². The number of carbonyl (C=O) groups excluding carboxylic acids is 5. The van der Waals surface area contributed by atoms with Crippen molar-refractivity contribution in [3.05, 3.63) is 29.8 Å². The summed E-state index contributed by atoms with van der Waals surface area (Å²) in [6.45, 7) is 5.15. The van der Waals surface area contributed by atoms with Crippen molar-refractivity contribution in [3.63, 3.8) is 0 Å². The van der Waals surface area contributed by atoms with Gasteiger partial charge in [0.15, 0.2) is 0 Å². The van der Waals surface area contributed by atoms with Crippen molar-refractivity contribution in [1.82, 2.24) is 26.6 Å². The molecule has 20 nitrogen and oxygen atoms in total. The molecule has 0 spiro atoms. The number of amides is 5. The summed E-state index contributed by atoms with van der Waals surface area (Å²) in [5.74, 6) is -2.97. The molecule has 9 N–H and O–H groups in total. The van der Waals surface area contributed by atoms with Crippen LogP contribution in [0.25, 0.3) is 0 Å². The minimum absolute atomic E-state index is 0.0467. The highest BCUT2D eigenvalue weighted by molar-refractivity contribution is 5.87. The van der Waals surface area contributed by atoms with E-state index in [1.807, 2.05) is 6.92 Å². The molecule has 0 aliphatic rings. The van der Waals surface area contributed by atoms with Crippen LogP contribution < -0.4 is 37.1 Å². The largest absolute Gasteiger partial charge is 0.494 e. The molecule has 0 saturated heterocycles. The summed E-state index contributed by atoms with van der Waals surface area (Å²) in [4.78, 5) is 82.8. The molecule has 0 aliphatic heterocycles. The van der Waals surface area contributed by atoms with Crippen LogP contribution in [0.15, 0.2) is 24.3 Å². The van der Waals surface area contributed by atoms with Crippen LogP contribution in [0, 0.1) is 0 Å². The zero-order chi connectivity index (χ0) is 47.8. The molecule has 65 heavy (non-hydrogen) atoms. The normalized spacial score (nSPS) is 11.8. The second-order valence-corrected chi connectivity index (χ2v) is 15.4. The van der Waals surface area contributed by atoms with E-state index in [0.717, 1.165) is 64.2 Å². The van der Waals surface area contributed by atoms with Gasteiger partial charge in [-0.05, 0) is 69.2 Å². The Hall–Kier alpha value is -4.89. The predicted octanol–water partition coefficient (Wildman–Crippen LogP) is 2.45. The van der Waals surface area contributed by atoms with Crippen LogP contribution in [-0.2, 0) is 47.7 Å². The molecule has 1 unspecified atom stereocenters. The fraction of sp³-hybridized carbons (Fsp3) is 0.711. The molecule has 370 valence electrons. The van der Waals surface area contributed by atoms with Crippen molar-refractivity contribution in [2.75, 3.05) is 85.6 Å². The van der Waals surface area contributed by atoms with Gasteiger partial charge in [0, 0.05) is 39.0 Å². The van der Waals surface area contributed by atoms with E-state index in [0.29, 0.717) is 44.7 Å². The first-order valence-corrected chi connectivity index (χ1v) is 23.1. The average Bonchev–Trinajstić information content (AvgIpc) is 3.28. The molecule has 1 aromatic rings. The van der Waals surface area contributed by atoms with Crippen LogP contribution in [0.4, 0.5) is 0 Å². The summed E-state index contributed by atoms with van der Waals surface area (Å²) in [5.41, 5.74) is 6.11. The Morgan fingerprint density at radius 1 is 0.538 bits per heavy atom. The number of unbranched alkanes of at least 4 members (excludes halogenated alkanes) is 9. The van der Waals surface area contributed by atoms with E-state index >= 15 is 0 Å². The second kappa shape index (κ2) is 39.5. The molecule has 0 aliphatic carbocycles. The highest BCUT2D eigenvalue weighted by Crippen LogP contribution is 2.14. The average molecular weight is 925 g/mol. The van der Waals surface area contributed by atoms with Crippen LogP contribution in [0.3, 0.4) is 0 Å². The van der Waals surface area contributed by atoms with Crippen LogP contribution in [0.2, 0.25) is 0 Å². The number of nitrogens with two attached hydrogens (primary N) is 1. The van der Waals surface area contributed by atoms with Crippen molar-refractivity contribution >= 4 is 41.5 Å². The Labute approximate surface area is 383 Å². The van der Waals surface area contributed by atoms with Crippen molar-refractivity contribution in [3.8, 4) is 5.75 Å². The zero-order valence-corrected chi connectivity index (χ0v) is 38.3. The molecular weight excluding hydrogens is 849 g/mol. The van der Waals surface area contributed by atoms with Gasteiger partial charge in [-0.15, -0.1) is 0 Å². The number of carboxylic acids is 2. The summed E-state index contributed by atoms with van der Waals surface area (Å²) in [6, 6.07) is 4.62. The number of hydrogen-bond acceptors (Lipinski definition) is 13. The van der Waals surface area contributed by atoms with E-state index in [9.17, 15) is 38.7 Å². The summed E-state index contributed by atoms with van der Waals surface area (Å²) in [6.07, 6.45) is 11.5. The first-order chi connectivity index (χ1) is 31.4. The molecule has 1 rings (SSSR count). The number of carboxylic acid groups (broad SMARTS) is 2. The minimum atomic E-state index is -1.20. The van der Waals surface area contributed by atoms with Gasteiger partial charge < -0.3 is 66.2 Å². The summed E-state index contributed by atoms with van der Waals surface area (Å²) in [5, 5.41) is 31.9. The Morgan fingerprint density at radius 3 is 1.66 bits per heavy atom. The smallest absolute Gasteiger partial charge is 0.335 e. The Kier molecular flexibility index (Phi) is 35.3. The first-order valence-electron chi connectivity index (χ1n) is 23.1. The van der Waals surface area contributed by atoms with E-state index in [1.165, 1.54) is 12.1 Å². The van der Waals surface area contributed by atoms with Crippen LogP contribution in [0.1, 0.15) is 120 Å². The molecule has 1 aromatic carbocycles. The lowest BCUT2D eigenvalue weighted by Gasteiger charge is -2.14. The number of benzene rings is 1. The molecule has 0 bridgehead atoms. The fourth-order valence-electron chi connectivity index (χ4n) is 5.98. The molecule has 0 radical (unpaired) electrons. The lowest BCUT2D eigenvalue weighted by Crippen LogP contribution is -2.41. The maximum Gasteiger partial charge on any atom is 0.335 e. The van der Waals surface area contributed by atoms with Crippen molar-refractivity contribution in [2.45, 2.75) is 122 Å². The van der Waals surface area contributed by atoms with Crippen LogP contribution in [0.5, 0.6) is 5.75 Å². The van der Waals surface area contributed by atoms with Gasteiger partial charge in [-0.3, -0.25) is 24.0 Å². The van der Waals surface area contributed by atoms with Gasteiger partial charge in [-0.1, -0.05) is 51.9 Å². The maximum absolute atomic E-state index is 12.3. The Morgan fingerprint density at radius 2 is 1.08 bits per heavy atom. The number of carbonyl (C=O) groups is 7. The van der Waals surface area contributed by atoms with Gasteiger partial charge >= 0.3 is 11.9 Å². The molecule has 0 aromatic heterocycles. The van der Waals surface area contributed by atoms with Gasteiger partial charge in [0.2, 0.25) is 29.5 Å². The van der Waals surface area contributed by atoms with E-state index in [1.54, 1.807) is 12.1 Å². The minimum Gasteiger partial charge on any atom is -0.494 e. The number of rotatable bonds is 43. The van der Waals surface area contributed by atoms with Crippen molar-refractivity contribution in [2.24, 2.45) is 5.73 Å². The number of ether oxygens (including phenoxy) is 5. The number of hydrogen-bond donors (Lipinski definition) is 8. The molecular formula is C45H76N6O14. The summed E-state index contributed by atoms with van der Waals surface area (Å²) >= 11 is 0. The Bertz CT molecular complexity index is 1490. The Balaban J connectivity index is 1.92. The molecule has 0 heterocycles. The third-order valence-electron chi connectivity index (χ3n) is 9.74. The summed E-state index contributed by atoms with van der Waals surface area (Å²) in [7, 11) is 0. The number of aromatic carboxylic acids is 1. The lowest BCUT2D eigenvalue weighted by molar-refractivity contribution is -0.142. The van der Waals surface area contributed by atoms with Crippen LogP contribution in [-0.4, -0.2) is 149 Å². The molecule has 0 saturated carbocycles. The fourth-order valence-corrected chi connectivity index (χ4v) is 5.98. The van der Waals surface area contributed by atoms with E-state index in [-0.39, 0.29) is 120 Å². The topological polar surface area (TPSA) is 292 Å². The van der Waals surface area contributed by atoms with Crippen molar-refractivity contribution in [1.29, 1.82) is 0 Å². The highest BCUT2D eigenvalue weighted by Gasteiger charge is 2.21. The van der Waals surface area contributed by atoms with Gasteiger partial charge in [-0.2, -0.15) is 0 Å². The summed E-state index contributed by atoms with van der Waals surface area (Å²) < 4.78 is 27.0. The molecule has 2 atom stereocenters. The van der Waals surface area contributed by atoms with E-state index < -0.39 is 24.0 Å². The van der Waals surface area contributed by atoms with E-state index in [4.69, 9.17) is 34.5 Å². The predicted molar refractivity (Wildman–Crippen MR) is 241 cm³/mol. The first kappa shape index (κ1) is 58.1. The van der Waals surface area contributed by atoms with Gasteiger partial charge in [0.25, 0.3) is 0 Å². The second-order valence-electron chi connectivity index (χ2n) is 15.4. The SMILES string of the molecule is CCCCNC(=O)[C@@H](N)CCCCNC(=O)COCCOCCNC(=O)COCCOCCNC(=O)CCC(NC(=O)CCCCCCCCCCOc1ccc(C(=O)O)cc1)C(=O)O. The van der Waals surface area contributed by atoms with Gasteiger partial charge in [0.05, 0.1) is 57.9 Å². The van der Waals surface area contributed by atoms with E-state index in [2.05, 4.69) is 26.6 Å². The zero-order valence-electron chi connectivity index (χ0n) is 38.3. The standard InChI is InChI=1S/C45H76N6O14/c1-2-3-22-50-43(56)37(46)14-11-12-23-47-41(54)33-63-31-30-62-28-25-49-42(55)34-64-32-29-61-27-24-48-39(52)21-20-38(45(59)60)51-40(53)15-10-8-6-4-5-7-9-13-26-65-36-18-16-35(17-19-36)44(57)58/h16-19,37-38H,2-15,20-34,46H2,1H3,(H,47,54)(H,48,52)(H,49,55)(H,50,56)(H,51,53)(H,57,58)(H,59,60)/t37-,38?/m0/s1. The molecule has 20 heteroatoms. The maximum atomic E-state index is 12.3. The lowest BCUT2D eigenvalue weighted by atomic mass is 10.1. The third kappa shape index (κ3) is 34.2. The number of nitrogens with one attached hydrogen (secondary N) is 5. The number of aliphatic carboxylic acids is 1. The van der Waals surface area contributed by atoms with Gasteiger partial charge in [-0.25, -0.2) is 9.59 Å². The highest BCUT2D eigenvalue weighted by atomic mass is 16.5. The quantitative estimate of drug-likeness (QED) is 0.0437.